The number of hydrogen-bond donors (Lipinski definition) is 2. The minimum atomic E-state index is -4.52. The first-order valence-electron chi connectivity index (χ1n) is 5.94. The SMILES string of the molecule is Cc1cc(C(=N)N)cc(Oc2ccccc2C(F)(F)F)n1. The van der Waals surface area contributed by atoms with Crippen LogP contribution < -0.4 is 10.5 Å². The fourth-order valence-corrected chi connectivity index (χ4v) is 1.75. The molecule has 0 fully saturated rings. The van der Waals surface area contributed by atoms with Crippen LogP contribution >= 0.6 is 0 Å². The molecule has 0 aliphatic rings. The van der Waals surface area contributed by atoms with Gasteiger partial charge in [0.2, 0.25) is 5.88 Å². The number of benzene rings is 1. The van der Waals surface area contributed by atoms with E-state index in [0.29, 0.717) is 11.3 Å². The molecule has 0 atom stereocenters. The third kappa shape index (κ3) is 3.50. The highest BCUT2D eigenvalue weighted by Crippen LogP contribution is 2.37. The number of halogens is 3. The number of rotatable bonds is 3. The van der Waals surface area contributed by atoms with Gasteiger partial charge in [0.1, 0.15) is 11.6 Å². The molecule has 21 heavy (non-hydrogen) atoms. The maximum Gasteiger partial charge on any atom is 0.419 e. The average Bonchev–Trinajstić information content (AvgIpc) is 2.37. The van der Waals surface area contributed by atoms with E-state index in [4.69, 9.17) is 15.9 Å². The van der Waals surface area contributed by atoms with Gasteiger partial charge in [-0.2, -0.15) is 13.2 Å². The highest BCUT2D eigenvalue weighted by Gasteiger charge is 2.34. The molecule has 0 saturated carbocycles. The number of nitrogen functional groups attached to an aromatic ring is 1. The lowest BCUT2D eigenvalue weighted by Gasteiger charge is -2.13. The number of ether oxygens (including phenoxy) is 1. The molecular weight excluding hydrogens is 283 g/mol. The molecule has 2 aromatic rings. The quantitative estimate of drug-likeness (QED) is 0.672. The Hall–Kier alpha value is -2.57. The maximum absolute atomic E-state index is 12.9. The molecule has 1 aromatic carbocycles. The van der Waals surface area contributed by atoms with Gasteiger partial charge < -0.3 is 10.5 Å². The summed E-state index contributed by atoms with van der Waals surface area (Å²) in [5, 5.41) is 7.36. The van der Waals surface area contributed by atoms with Gasteiger partial charge in [0, 0.05) is 17.3 Å². The number of nitrogens with two attached hydrogens (primary N) is 1. The Morgan fingerprint density at radius 2 is 1.90 bits per heavy atom. The van der Waals surface area contributed by atoms with E-state index in [2.05, 4.69) is 4.98 Å². The van der Waals surface area contributed by atoms with Crippen molar-refractivity contribution in [3.8, 4) is 11.6 Å². The van der Waals surface area contributed by atoms with Crippen LogP contribution in [0.2, 0.25) is 0 Å². The van der Waals surface area contributed by atoms with Gasteiger partial charge in [-0.05, 0) is 25.1 Å². The molecule has 0 unspecified atom stereocenters. The predicted octanol–water partition coefficient (Wildman–Crippen LogP) is 3.49. The predicted molar refractivity (Wildman–Crippen MR) is 71.5 cm³/mol. The van der Waals surface area contributed by atoms with Crippen LogP contribution in [0.5, 0.6) is 11.6 Å². The number of nitrogens with one attached hydrogen (secondary N) is 1. The largest absolute Gasteiger partial charge is 0.438 e. The van der Waals surface area contributed by atoms with Crippen LogP contribution in [0.3, 0.4) is 0 Å². The average molecular weight is 295 g/mol. The van der Waals surface area contributed by atoms with Crippen LogP contribution in [0.15, 0.2) is 36.4 Å². The number of pyridine rings is 1. The molecule has 1 aromatic heterocycles. The van der Waals surface area contributed by atoms with Gasteiger partial charge in [-0.15, -0.1) is 0 Å². The molecule has 4 nitrogen and oxygen atoms in total. The highest BCUT2D eigenvalue weighted by molar-refractivity contribution is 5.95. The van der Waals surface area contributed by atoms with Crippen LogP contribution in [0.1, 0.15) is 16.8 Å². The van der Waals surface area contributed by atoms with Gasteiger partial charge >= 0.3 is 6.18 Å². The molecule has 0 bridgehead atoms. The van der Waals surface area contributed by atoms with Gasteiger partial charge in [0.25, 0.3) is 0 Å². The van der Waals surface area contributed by atoms with Crippen molar-refractivity contribution in [2.24, 2.45) is 5.73 Å². The number of amidine groups is 1. The van der Waals surface area contributed by atoms with Gasteiger partial charge in [-0.1, -0.05) is 12.1 Å². The summed E-state index contributed by atoms with van der Waals surface area (Å²) >= 11 is 0. The molecule has 7 heteroatoms. The molecule has 0 spiro atoms. The molecule has 0 radical (unpaired) electrons. The van der Waals surface area contributed by atoms with Gasteiger partial charge in [-0.25, -0.2) is 4.98 Å². The minimum Gasteiger partial charge on any atom is -0.438 e. The van der Waals surface area contributed by atoms with Crippen LogP contribution in [0.4, 0.5) is 13.2 Å². The fraction of sp³-hybridized carbons (Fsp3) is 0.143. The van der Waals surface area contributed by atoms with Crippen LogP contribution in [-0.2, 0) is 6.18 Å². The number of aryl methyl sites for hydroxylation is 1. The lowest BCUT2D eigenvalue weighted by Crippen LogP contribution is -2.12. The Bertz CT molecular complexity index is 683. The van der Waals surface area contributed by atoms with Crippen molar-refractivity contribution >= 4 is 5.84 Å². The van der Waals surface area contributed by atoms with E-state index in [1.54, 1.807) is 13.0 Å². The molecule has 1 heterocycles. The summed E-state index contributed by atoms with van der Waals surface area (Å²) < 4.78 is 43.9. The highest BCUT2D eigenvalue weighted by atomic mass is 19.4. The Morgan fingerprint density at radius 3 is 2.52 bits per heavy atom. The normalized spacial score (nSPS) is 11.2. The van der Waals surface area contributed by atoms with E-state index >= 15 is 0 Å². The number of alkyl halides is 3. The third-order valence-electron chi connectivity index (χ3n) is 2.65. The van der Waals surface area contributed by atoms with Crippen LogP contribution in [0, 0.1) is 12.3 Å². The van der Waals surface area contributed by atoms with E-state index in [0.717, 1.165) is 6.07 Å². The van der Waals surface area contributed by atoms with Crippen molar-refractivity contribution in [2.75, 3.05) is 0 Å². The summed E-state index contributed by atoms with van der Waals surface area (Å²) in [6, 6.07) is 7.72. The Balaban J connectivity index is 2.42. The topological polar surface area (TPSA) is 72.0 Å². The monoisotopic (exact) mass is 295 g/mol. The first kappa shape index (κ1) is 14.8. The second kappa shape index (κ2) is 5.43. The molecule has 110 valence electrons. The molecule has 2 rings (SSSR count). The standard InChI is InChI=1S/C14H12F3N3O/c1-8-6-9(13(18)19)7-12(20-8)21-11-5-3-2-4-10(11)14(15,16)17/h2-7H,1H3,(H3,18,19). The van der Waals surface area contributed by atoms with Crippen molar-refractivity contribution in [3.63, 3.8) is 0 Å². The van der Waals surface area contributed by atoms with Crippen molar-refractivity contribution < 1.29 is 17.9 Å². The zero-order valence-electron chi connectivity index (χ0n) is 11.0. The number of hydrogen-bond acceptors (Lipinski definition) is 3. The number of para-hydroxylation sites is 1. The lowest BCUT2D eigenvalue weighted by molar-refractivity contribution is -0.138. The molecule has 0 aliphatic carbocycles. The van der Waals surface area contributed by atoms with E-state index in [9.17, 15) is 13.2 Å². The van der Waals surface area contributed by atoms with Crippen molar-refractivity contribution in [1.82, 2.24) is 4.98 Å². The first-order valence-corrected chi connectivity index (χ1v) is 5.94. The summed E-state index contributed by atoms with van der Waals surface area (Å²) in [6.45, 7) is 1.63. The molecule has 0 aliphatic heterocycles. The number of aromatic nitrogens is 1. The summed E-state index contributed by atoms with van der Waals surface area (Å²) in [6.07, 6.45) is -4.52. The zero-order valence-corrected chi connectivity index (χ0v) is 11.0. The Morgan fingerprint density at radius 1 is 1.24 bits per heavy atom. The van der Waals surface area contributed by atoms with Crippen LogP contribution in [0.25, 0.3) is 0 Å². The smallest absolute Gasteiger partial charge is 0.419 e. The van der Waals surface area contributed by atoms with E-state index in [-0.39, 0.29) is 17.5 Å². The van der Waals surface area contributed by atoms with E-state index < -0.39 is 11.7 Å². The summed E-state index contributed by atoms with van der Waals surface area (Å²) in [4.78, 5) is 3.99. The van der Waals surface area contributed by atoms with Gasteiger partial charge in [0.15, 0.2) is 0 Å². The zero-order chi connectivity index (χ0) is 15.6. The second-order valence-electron chi connectivity index (χ2n) is 4.35. The maximum atomic E-state index is 12.9. The molecule has 0 amide bonds. The minimum absolute atomic E-state index is 0.0445. The third-order valence-corrected chi connectivity index (χ3v) is 2.65. The van der Waals surface area contributed by atoms with Crippen molar-refractivity contribution in [2.45, 2.75) is 13.1 Å². The number of nitrogens with zero attached hydrogens (tertiary/aromatic N) is 1. The lowest BCUT2D eigenvalue weighted by atomic mass is 10.2. The molecule has 0 saturated heterocycles. The van der Waals surface area contributed by atoms with Crippen molar-refractivity contribution in [1.29, 1.82) is 5.41 Å². The fourth-order valence-electron chi connectivity index (χ4n) is 1.75. The van der Waals surface area contributed by atoms with Crippen LogP contribution in [-0.4, -0.2) is 10.8 Å². The summed E-state index contributed by atoms with van der Waals surface area (Å²) in [5.41, 5.74) is 5.30. The second-order valence-corrected chi connectivity index (χ2v) is 4.35. The summed E-state index contributed by atoms with van der Waals surface area (Å²) in [7, 11) is 0. The van der Waals surface area contributed by atoms with Crippen molar-refractivity contribution in [3.05, 3.63) is 53.2 Å². The Kier molecular flexibility index (Phi) is 3.84. The molecular formula is C14H12F3N3O. The summed E-state index contributed by atoms with van der Waals surface area (Å²) in [5.74, 6) is -0.607. The van der Waals surface area contributed by atoms with Gasteiger partial charge in [0.05, 0.1) is 5.56 Å². The Labute approximate surface area is 118 Å². The van der Waals surface area contributed by atoms with E-state index in [1.807, 2.05) is 0 Å². The first-order chi connectivity index (χ1) is 9.77. The van der Waals surface area contributed by atoms with Gasteiger partial charge in [-0.3, -0.25) is 5.41 Å². The molecule has 3 N–H and O–H groups in total. The van der Waals surface area contributed by atoms with E-state index in [1.165, 1.54) is 24.3 Å².